The molecule has 0 rings (SSSR count). The maximum absolute atomic E-state index is 13.6. The molecule has 0 bridgehead atoms. The van der Waals surface area contributed by atoms with Crippen molar-refractivity contribution in [2.75, 3.05) is 13.2 Å². The van der Waals surface area contributed by atoms with E-state index in [1.54, 1.807) is 27.7 Å². The number of aliphatic hydroxyl groups excluding tert-OH is 2. The van der Waals surface area contributed by atoms with E-state index >= 15 is 0 Å². The highest BCUT2D eigenvalue weighted by atomic mass is 16.4. The van der Waals surface area contributed by atoms with Gasteiger partial charge >= 0.3 is 5.97 Å². The van der Waals surface area contributed by atoms with Crippen molar-refractivity contribution in [3.63, 3.8) is 0 Å². The lowest BCUT2D eigenvalue weighted by molar-refractivity contribution is -0.142. The third-order valence-electron chi connectivity index (χ3n) is 9.82. The quantitative estimate of drug-likeness (QED) is 0.0318. The molecule has 0 aromatic carbocycles. The van der Waals surface area contributed by atoms with Gasteiger partial charge in [-0.1, -0.05) is 34.1 Å². The summed E-state index contributed by atoms with van der Waals surface area (Å²) in [6, 6.07) is -14.3. The van der Waals surface area contributed by atoms with Crippen molar-refractivity contribution in [3.05, 3.63) is 0 Å². The number of carbonyl (C=O) groups excluding carboxylic acids is 11. The first-order valence-corrected chi connectivity index (χ1v) is 21.1. The van der Waals surface area contributed by atoms with Gasteiger partial charge in [-0.3, -0.25) is 57.5 Å². The number of rotatable bonds is 30. The van der Waals surface area contributed by atoms with Gasteiger partial charge in [0.25, 0.3) is 0 Å². The average molecular weight is 945 g/mol. The maximum Gasteiger partial charge on any atom is 0.325 e. The highest BCUT2D eigenvalue weighted by Crippen LogP contribution is 2.10. The molecule has 66 heavy (non-hydrogen) atoms. The molecule has 0 spiro atoms. The van der Waals surface area contributed by atoms with Crippen LogP contribution in [-0.2, 0) is 57.5 Å². The fraction of sp³-hybridized carbons (Fsp3) is 0.692. The van der Waals surface area contributed by atoms with Gasteiger partial charge in [-0.2, -0.15) is 0 Å². The second kappa shape index (κ2) is 29.1. The zero-order valence-electron chi connectivity index (χ0n) is 38.4. The third kappa shape index (κ3) is 21.5. The van der Waals surface area contributed by atoms with E-state index in [9.17, 15) is 62.6 Å². The summed E-state index contributed by atoms with van der Waals surface area (Å²) in [6.07, 6.45) is -1.34. The van der Waals surface area contributed by atoms with E-state index in [4.69, 9.17) is 27.4 Å². The van der Waals surface area contributed by atoms with Crippen LogP contribution in [0.4, 0.5) is 0 Å². The van der Waals surface area contributed by atoms with E-state index in [2.05, 4.69) is 47.9 Å². The number of amides is 11. The monoisotopic (exact) mass is 944 g/mol. The number of nitrogens with two attached hydrogens (primary N) is 3. The van der Waals surface area contributed by atoms with Gasteiger partial charge in [0.1, 0.15) is 60.4 Å². The molecule has 0 aliphatic carbocycles. The van der Waals surface area contributed by atoms with Gasteiger partial charge in [0.2, 0.25) is 65.0 Å². The molecule has 27 heteroatoms. The molecule has 18 N–H and O–H groups in total. The normalized spacial score (nSPS) is 16.0. The first-order chi connectivity index (χ1) is 30.6. The van der Waals surface area contributed by atoms with E-state index in [0.717, 1.165) is 0 Å². The first-order valence-electron chi connectivity index (χ1n) is 21.1. The van der Waals surface area contributed by atoms with Crippen LogP contribution >= 0.6 is 0 Å². The number of hydrogen-bond acceptors (Lipinski definition) is 15. The molecule has 11 amide bonds. The largest absolute Gasteiger partial charge is 0.480 e. The van der Waals surface area contributed by atoms with Crippen LogP contribution in [0.2, 0.25) is 0 Å². The van der Waals surface area contributed by atoms with Crippen LogP contribution < -0.4 is 65.1 Å². The second-order valence-electron chi connectivity index (χ2n) is 16.2. The molecule has 0 radical (unpaired) electrons. The van der Waals surface area contributed by atoms with E-state index in [0.29, 0.717) is 6.42 Å². The predicted molar refractivity (Wildman–Crippen MR) is 231 cm³/mol. The Morgan fingerprint density at radius 1 is 0.470 bits per heavy atom. The summed E-state index contributed by atoms with van der Waals surface area (Å²) in [5.74, 6) is -12.7. The summed E-state index contributed by atoms with van der Waals surface area (Å²) in [6.45, 7) is 9.96. The molecule has 0 unspecified atom stereocenters. The van der Waals surface area contributed by atoms with Crippen LogP contribution in [0.1, 0.15) is 87.5 Å². The van der Waals surface area contributed by atoms with Crippen molar-refractivity contribution in [2.24, 2.45) is 29.0 Å². The number of carbonyl (C=O) groups is 12. The minimum Gasteiger partial charge on any atom is -0.480 e. The summed E-state index contributed by atoms with van der Waals surface area (Å²) >= 11 is 0. The standard InChI is InChI=1S/C39H68N12O15/c1-9-17(4)29(38(64)46-21(8)39(65)66)51-37(63)26(15-53)50-32(58)19(6)43-30(56)18(5)45-35(61)25(13-28(42)55)49-34(60)23(10-11-27(41)54)47-36(62)24(12-16(2)3)48-31(57)20(7)44-33(59)22(40)14-52/h16-26,29,52-53H,9-15,40H2,1-8H3,(H2,41,54)(H2,42,55)(H,43,56)(H,44,59)(H,45,61)(H,46,64)(H,47,62)(H,48,57)(H,49,60)(H,50,58)(H,51,63)(H,65,66)/t17-,18-,19-,20-,21-,22-,23-,24-,25-,26-,29-/m0/s1. The minimum absolute atomic E-state index is 0.0126. The van der Waals surface area contributed by atoms with E-state index in [1.807, 2.05) is 0 Å². The Labute approximate surface area is 381 Å². The zero-order chi connectivity index (χ0) is 51.2. The Hall–Kier alpha value is -6.48. The summed E-state index contributed by atoms with van der Waals surface area (Å²) in [5.41, 5.74) is 16.1. The Kier molecular flexibility index (Phi) is 26.3. The molecule has 0 heterocycles. The molecule has 0 saturated heterocycles. The van der Waals surface area contributed by atoms with Crippen LogP contribution in [0.3, 0.4) is 0 Å². The Balaban J connectivity index is 5.99. The molecule has 0 aliphatic rings. The lowest BCUT2D eigenvalue weighted by Crippen LogP contribution is -2.60. The molecule has 0 fully saturated rings. The van der Waals surface area contributed by atoms with E-state index in [-0.39, 0.29) is 12.3 Å². The molecular weight excluding hydrogens is 876 g/mol. The smallest absolute Gasteiger partial charge is 0.325 e. The van der Waals surface area contributed by atoms with Crippen molar-refractivity contribution in [2.45, 2.75) is 148 Å². The van der Waals surface area contributed by atoms with Gasteiger partial charge in [0.05, 0.1) is 19.6 Å². The summed E-state index contributed by atoms with van der Waals surface area (Å²) in [7, 11) is 0. The average Bonchev–Trinajstić information content (AvgIpc) is 3.23. The number of carboxylic acid groups (broad SMARTS) is 1. The number of aliphatic carboxylic acids is 1. The van der Waals surface area contributed by atoms with Crippen LogP contribution in [0, 0.1) is 11.8 Å². The van der Waals surface area contributed by atoms with E-state index in [1.165, 1.54) is 27.7 Å². The zero-order valence-corrected chi connectivity index (χ0v) is 38.4. The van der Waals surface area contributed by atoms with Crippen molar-refractivity contribution in [1.82, 2.24) is 47.9 Å². The van der Waals surface area contributed by atoms with Gasteiger partial charge in [-0.05, 0) is 52.4 Å². The summed E-state index contributed by atoms with van der Waals surface area (Å²) < 4.78 is 0. The second-order valence-corrected chi connectivity index (χ2v) is 16.2. The van der Waals surface area contributed by atoms with Crippen molar-refractivity contribution in [1.29, 1.82) is 0 Å². The first kappa shape index (κ1) is 59.5. The van der Waals surface area contributed by atoms with Gasteiger partial charge in [-0.25, -0.2) is 0 Å². The van der Waals surface area contributed by atoms with Crippen molar-refractivity contribution in [3.8, 4) is 0 Å². The molecule has 0 saturated carbocycles. The third-order valence-corrected chi connectivity index (χ3v) is 9.82. The highest BCUT2D eigenvalue weighted by Gasteiger charge is 2.35. The SMILES string of the molecule is CC[C@H](C)[C@H](NC(=O)[C@H](CO)NC(=O)[C@H](C)NC(=O)[C@H](C)NC(=O)[C@H](CC(N)=O)NC(=O)[C@H](CCC(N)=O)NC(=O)[C@H](CC(C)C)NC(=O)[C@H](C)NC(=O)[C@@H](N)CO)C(=O)N[C@@H](C)C(=O)O. The van der Waals surface area contributed by atoms with Crippen LogP contribution in [-0.4, -0.2) is 160 Å². The number of aliphatic hydroxyl groups is 2. The molecule has 374 valence electrons. The lowest BCUT2D eigenvalue weighted by Gasteiger charge is -2.27. The Morgan fingerprint density at radius 2 is 0.879 bits per heavy atom. The number of hydrogen-bond donors (Lipinski definition) is 15. The molecular formula is C39H68N12O15. The van der Waals surface area contributed by atoms with Crippen molar-refractivity contribution < 1.29 is 72.9 Å². The lowest BCUT2D eigenvalue weighted by atomic mass is 9.97. The number of primary amides is 2. The van der Waals surface area contributed by atoms with Crippen LogP contribution in [0.25, 0.3) is 0 Å². The summed E-state index contributed by atoms with van der Waals surface area (Å²) in [4.78, 5) is 152. The van der Waals surface area contributed by atoms with Crippen LogP contribution in [0.5, 0.6) is 0 Å². The van der Waals surface area contributed by atoms with Gasteiger partial charge < -0.3 is 80.4 Å². The number of carboxylic acids is 1. The van der Waals surface area contributed by atoms with Crippen molar-refractivity contribution >= 4 is 70.9 Å². The molecule has 0 aromatic heterocycles. The molecule has 0 aromatic rings. The topological polar surface area (TPSA) is 452 Å². The molecule has 11 atom stereocenters. The summed E-state index contributed by atoms with van der Waals surface area (Å²) in [5, 5.41) is 48.9. The fourth-order valence-electron chi connectivity index (χ4n) is 5.57. The fourth-order valence-corrected chi connectivity index (χ4v) is 5.57. The van der Waals surface area contributed by atoms with E-state index < -0.39 is 170 Å². The molecule has 27 nitrogen and oxygen atoms in total. The van der Waals surface area contributed by atoms with Crippen LogP contribution in [0.15, 0.2) is 0 Å². The number of nitrogens with one attached hydrogen (secondary N) is 9. The van der Waals surface area contributed by atoms with Gasteiger partial charge in [0, 0.05) is 6.42 Å². The molecule has 0 aliphatic heterocycles. The minimum atomic E-state index is -1.78. The predicted octanol–water partition coefficient (Wildman–Crippen LogP) is -6.94. The Morgan fingerprint density at radius 3 is 1.33 bits per heavy atom. The maximum atomic E-state index is 13.6. The highest BCUT2D eigenvalue weighted by molar-refractivity contribution is 5.99. The Bertz CT molecular complexity index is 1770. The van der Waals surface area contributed by atoms with Gasteiger partial charge in [-0.15, -0.1) is 0 Å². The van der Waals surface area contributed by atoms with Gasteiger partial charge in [0.15, 0.2) is 0 Å².